The first-order valence-corrected chi connectivity index (χ1v) is 9.06. The maximum Gasteiger partial charge on any atom is 0.257 e. The van der Waals surface area contributed by atoms with Gasteiger partial charge in [-0.05, 0) is 18.6 Å². The first-order valence-electron chi connectivity index (χ1n) is 8.07. The molecular weight excluding hydrogens is 324 g/mol. The largest absolute Gasteiger partial charge is 0.371 e. The zero-order chi connectivity index (χ0) is 16.6. The van der Waals surface area contributed by atoms with Gasteiger partial charge in [0, 0.05) is 38.3 Å². The Kier molecular flexibility index (Phi) is 4.05. The smallest absolute Gasteiger partial charge is 0.257 e. The number of rotatable bonds is 4. The van der Waals surface area contributed by atoms with Crippen molar-refractivity contribution in [2.45, 2.75) is 23.9 Å². The number of carbonyl (C=O) groups excluding carboxylic acids is 1. The van der Waals surface area contributed by atoms with Gasteiger partial charge in [0.05, 0.1) is 34.9 Å². The van der Waals surface area contributed by atoms with E-state index in [4.69, 9.17) is 4.74 Å². The predicted octanol–water partition coefficient (Wildman–Crippen LogP) is 1.73. The number of hydrogen-bond acceptors (Lipinski definition) is 5. The van der Waals surface area contributed by atoms with E-state index in [2.05, 4.69) is 10.1 Å². The Bertz CT molecular complexity index is 727. The molecular formula is C17H20N4O2S. The number of pyridine rings is 1. The molecule has 0 bridgehead atoms. The van der Waals surface area contributed by atoms with Gasteiger partial charge in [0.1, 0.15) is 0 Å². The maximum absolute atomic E-state index is 12.4. The highest BCUT2D eigenvalue weighted by Gasteiger charge is 2.51. The fourth-order valence-electron chi connectivity index (χ4n) is 3.32. The van der Waals surface area contributed by atoms with E-state index in [9.17, 15) is 4.79 Å². The molecule has 1 atom stereocenters. The molecule has 2 saturated heterocycles. The highest BCUT2D eigenvalue weighted by Crippen LogP contribution is 2.46. The van der Waals surface area contributed by atoms with Gasteiger partial charge in [-0.3, -0.25) is 14.5 Å². The Balaban J connectivity index is 1.28. The van der Waals surface area contributed by atoms with Crippen LogP contribution >= 0.6 is 11.8 Å². The van der Waals surface area contributed by atoms with E-state index in [0.29, 0.717) is 12.2 Å². The Hall–Kier alpha value is -1.86. The molecule has 126 valence electrons. The fraction of sp³-hybridized carbons (Fsp3) is 0.471. The summed E-state index contributed by atoms with van der Waals surface area (Å²) in [6.07, 6.45) is 6.44. The zero-order valence-corrected chi connectivity index (χ0v) is 14.4. The van der Waals surface area contributed by atoms with Crippen LogP contribution in [0.4, 0.5) is 0 Å². The van der Waals surface area contributed by atoms with Crippen molar-refractivity contribution in [1.29, 1.82) is 0 Å². The second-order valence-corrected chi connectivity index (χ2v) is 8.00. The van der Waals surface area contributed by atoms with E-state index in [1.165, 1.54) is 0 Å². The second-order valence-electron chi connectivity index (χ2n) is 6.52. The molecule has 24 heavy (non-hydrogen) atoms. The van der Waals surface area contributed by atoms with Gasteiger partial charge in [-0.25, -0.2) is 0 Å². The van der Waals surface area contributed by atoms with Gasteiger partial charge in [-0.2, -0.15) is 5.10 Å². The van der Waals surface area contributed by atoms with Crippen LogP contribution in [0.25, 0.3) is 0 Å². The average Bonchev–Trinajstić information content (AvgIpc) is 3.18. The number of aromatic nitrogens is 3. The molecule has 0 radical (unpaired) electrons. The lowest BCUT2D eigenvalue weighted by atomic mass is 9.92. The molecule has 2 fully saturated rings. The van der Waals surface area contributed by atoms with E-state index in [1.807, 2.05) is 41.9 Å². The number of thioether (sulfide) groups is 1. The summed E-state index contributed by atoms with van der Waals surface area (Å²) in [5.41, 5.74) is 1.63. The van der Waals surface area contributed by atoms with Crippen molar-refractivity contribution in [3.8, 4) is 0 Å². The van der Waals surface area contributed by atoms with Crippen LogP contribution in [0, 0.1) is 0 Å². The molecule has 4 rings (SSSR count). The van der Waals surface area contributed by atoms with Crippen molar-refractivity contribution >= 4 is 17.7 Å². The zero-order valence-electron chi connectivity index (χ0n) is 13.6. The molecule has 0 N–H and O–H groups in total. The van der Waals surface area contributed by atoms with Crippen LogP contribution in [0.3, 0.4) is 0 Å². The van der Waals surface area contributed by atoms with Crippen LogP contribution in [0.5, 0.6) is 0 Å². The van der Waals surface area contributed by atoms with Crippen molar-refractivity contribution in [3.05, 3.63) is 48.0 Å². The van der Waals surface area contributed by atoms with Gasteiger partial charge in [0.25, 0.3) is 5.91 Å². The number of aryl methyl sites for hydroxylation is 1. The summed E-state index contributed by atoms with van der Waals surface area (Å²) in [6, 6.07) is 5.87. The summed E-state index contributed by atoms with van der Waals surface area (Å²) in [6.45, 7) is 2.16. The van der Waals surface area contributed by atoms with Gasteiger partial charge in [0.15, 0.2) is 0 Å². The first kappa shape index (κ1) is 15.7. The highest BCUT2D eigenvalue weighted by molar-refractivity contribution is 8.01. The van der Waals surface area contributed by atoms with Crippen LogP contribution < -0.4 is 0 Å². The molecule has 0 aromatic carbocycles. The molecule has 1 unspecified atom stereocenters. The first-order chi connectivity index (χ1) is 11.6. The van der Waals surface area contributed by atoms with E-state index < -0.39 is 0 Å². The van der Waals surface area contributed by atoms with Gasteiger partial charge < -0.3 is 9.64 Å². The van der Waals surface area contributed by atoms with Crippen LogP contribution in [-0.2, 0) is 18.4 Å². The molecule has 0 saturated carbocycles. The van der Waals surface area contributed by atoms with Crippen LogP contribution in [0.15, 0.2) is 36.8 Å². The third-order valence-corrected chi connectivity index (χ3v) is 6.14. The topological polar surface area (TPSA) is 60.2 Å². The summed E-state index contributed by atoms with van der Waals surface area (Å²) in [7, 11) is 1.82. The molecule has 1 spiro atoms. The minimum Gasteiger partial charge on any atom is -0.371 e. The minimum absolute atomic E-state index is 0.0761. The molecule has 4 heterocycles. The quantitative estimate of drug-likeness (QED) is 0.845. The molecule has 2 aromatic heterocycles. The van der Waals surface area contributed by atoms with E-state index in [1.54, 1.807) is 23.3 Å². The highest BCUT2D eigenvalue weighted by atomic mass is 32.2. The van der Waals surface area contributed by atoms with Crippen LogP contribution in [0.2, 0.25) is 0 Å². The van der Waals surface area contributed by atoms with Crippen LogP contribution in [0.1, 0.15) is 22.5 Å². The summed E-state index contributed by atoms with van der Waals surface area (Å²) in [5.74, 6) is 1.06. The lowest BCUT2D eigenvalue weighted by Gasteiger charge is -2.47. The SMILES string of the molecule is Cn1cc(C(=O)N2CC3(CC(OCc4ccccn4)CS3)C2)cn1. The maximum atomic E-state index is 12.4. The van der Waals surface area contributed by atoms with E-state index in [-0.39, 0.29) is 16.8 Å². The number of amides is 1. The van der Waals surface area contributed by atoms with Crippen molar-refractivity contribution < 1.29 is 9.53 Å². The van der Waals surface area contributed by atoms with Crippen molar-refractivity contribution in [1.82, 2.24) is 19.7 Å². The molecule has 2 aliphatic rings. The predicted molar refractivity (Wildman–Crippen MR) is 91.7 cm³/mol. The van der Waals surface area contributed by atoms with Crippen LogP contribution in [-0.4, -0.2) is 55.3 Å². The lowest BCUT2D eigenvalue weighted by molar-refractivity contribution is 0.0245. The third-order valence-electron chi connectivity index (χ3n) is 4.57. The number of ether oxygens (including phenoxy) is 1. The molecule has 1 amide bonds. The number of hydrogen-bond donors (Lipinski definition) is 0. The number of likely N-dealkylation sites (tertiary alicyclic amines) is 1. The molecule has 6 nitrogen and oxygen atoms in total. The Morgan fingerprint density at radius 2 is 2.33 bits per heavy atom. The lowest BCUT2D eigenvalue weighted by Crippen LogP contribution is -2.60. The van der Waals surface area contributed by atoms with Gasteiger partial charge in [-0.1, -0.05) is 6.07 Å². The Morgan fingerprint density at radius 3 is 3.04 bits per heavy atom. The summed E-state index contributed by atoms with van der Waals surface area (Å²) in [5, 5.41) is 4.07. The summed E-state index contributed by atoms with van der Waals surface area (Å²) >= 11 is 1.94. The molecule has 2 aromatic rings. The fourth-order valence-corrected chi connectivity index (χ4v) is 4.88. The normalized spacial score (nSPS) is 21.9. The Labute approximate surface area is 145 Å². The average molecular weight is 344 g/mol. The Morgan fingerprint density at radius 1 is 1.46 bits per heavy atom. The van der Waals surface area contributed by atoms with Crippen molar-refractivity contribution in [2.75, 3.05) is 18.8 Å². The third kappa shape index (κ3) is 3.06. The monoisotopic (exact) mass is 344 g/mol. The number of carbonyl (C=O) groups is 1. The summed E-state index contributed by atoms with van der Waals surface area (Å²) < 4.78 is 7.84. The van der Waals surface area contributed by atoms with Crippen molar-refractivity contribution in [2.24, 2.45) is 7.05 Å². The second kappa shape index (κ2) is 6.22. The van der Waals surface area contributed by atoms with Crippen molar-refractivity contribution in [3.63, 3.8) is 0 Å². The van der Waals surface area contributed by atoms with Gasteiger partial charge in [-0.15, -0.1) is 11.8 Å². The van der Waals surface area contributed by atoms with Gasteiger partial charge >= 0.3 is 0 Å². The number of nitrogens with zero attached hydrogens (tertiary/aromatic N) is 4. The van der Waals surface area contributed by atoms with E-state index >= 15 is 0 Å². The van der Waals surface area contributed by atoms with Gasteiger partial charge in [0.2, 0.25) is 0 Å². The minimum atomic E-state index is 0.0761. The summed E-state index contributed by atoms with van der Waals surface area (Å²) in [4.78, 5) is 18.6. The van der Waals surface area contributed by atoms with E-state index in [0.717, 1.165) is 31.0 Å². The molecule has 7 heteroatoms. The molecule has 0 aliphatic carbocycles. The standard InChI is InChI=1S/C17H20N4O2S/c1-20-8-13(7-19-20)16(22)21-11-17(12-21)6-15(10-24-17)23-9-14-4-2-3-5-18-14/h2-5,7-8,15H,6,9-12H2,1H3. The molecule has 2 aliphatic heterocycles.